The van der Waals surface area contributed by atoms with Gasteiger partial charge in [-0.15, -0.1) is 0 Å². The molecule has 2 aliphatic carbocycles. The van der Waals surface area contributed by atoms with E-state index in [1.54, 1.807) is 0 Å². The number of carbonyl (C=O) groups is 2. The van der Waals surface area contributed by atoms with Crippen LogP contribution in [0, 0.1) is 30.6 Å². The van der Waals surface area contributed by atoms with E-state index < -0.39 is 0 Å². The zero-order valence-electron chi connectivity index (χ0n) is 19.9. The maximum Gasteiger partial charge on any atom is 0.314 e. The van der Waals surface area contributed by atoms with Gasteiger partial charge in [0.25, 0.3) is 0 Å². The van der Waals surface area contributed by atoms with E-state index in [9.17, 15) is 9.59 Å². The van der Waals surface area contributed by atoms with Crippen molar-refractivity contribution in [2.75, 3.05) is 0 Å². The Morgan fingerprint density at radius 3 is 1.45 bits per heavy atom. The summed E-state index contributed by atoms with van der Waals surface area (Å²) < 4.78 is 11.2. The number of hydrogen-bond acceptors (Lipinski definition) is 4. The molecule has 33 heavy (non-hydrogen) atoms. The highest BCUT2D eigenvalue weighted by Crippen LogP contribution is 2.42. The van der Waals surface area contributed by atoms with Gasteiger partial charge in [0.05, 0.1) is 11.8 Å². The van der Waals surface area contributed by atoms with Gasteiger partial charge in [-0.25, -0.2) is 0 Å². The molecular weight excluding hydrogens is 412 g/mol. The average Bonchev–Trinajstić information content (AvgIpc) is 2.86. The first-order chi connectivity index (χ1) is 16.0. The fourth-order valence-electron chi connectivity index (χ4n) is 5.45. The van der Waals surface area contributed by atoms with Gasteiger partial charge in [0.2, 0.25) is 0 Å². The second kappa shape index (κ2) is 11.0. The molecule has 4 nitrogen and oxygen atoms in total. The first-order valence-corrected chi connectivity index (χ1v) is 12.6. The van der Waals surface area contributed by atoms with E-state index in [1.807, 2.05) is 55.5 Å². The summed E-state index contributed by atoms with van der Waals surface area (Å²) in [5, 5.41) is 0. The van der Waals surface area contributed by atoms with Crippen LogP contribution in [0.4, 0.5) is 0 Å². The number of esters is 2. The zero-order chi connectivity index (χ0) is 23.2. The van der Waals surface area contributed by atoms with Gasteiger partial charge < -0.3 is 9.47 Å². The molecule has 0 aliphatic heterocycles. The van der Waals surface area contributed by atoms with E-state index in [1.165, 1.54) is 5.56 Å². The highest BCUT2D eigenvalue weighted by molar-refractivity contribution is 5.75. The molecule has 0 N–H and O–H groups in total. The molecule has 2 aromatic carbocycles. The fourth-order valence-corrected chi connectivity index (χ4v) is 5.45. The average molecular weight is 449 g/mol. The number of carbonyl (C=O) groups excluding carboxylic acids is 2. The van der Waals surface area contributed by atoms with E-state index in [-0.39, 0.29) is 23.8 Å². The number of hydrogen-bond donors (Lipinski definition) is 0. The molecule has 0 atom stereocenters. The molecular formula is C29H36O4. The van der Waals surface area contributed by atoms with Gasteiger partial charge in [-0.3, -0.25) is 9.59 Å². The monoisotopic (exact) mass is 448 g/mol. The molecule has 0 radical (unpaired) electrons. The van der Waals surface area contributed by atoms with Gasteiger partial charge in [0, 0.05) is 0 Å². The highest BCUT2D eigenvalue weighted by Gasteiger charge is 2.35. The van der Waals surface area contributed by atoms with Crippen molar-refractivity contribution in [3.8, 4) is 11.5 Å². The third-order valence-corrected chi connectivity index (χ3v) is 7.67. The summed E-state index contributed by atoms with van der Waals surface area (Å²) >= 11 is 0. The number of aryl methyl sites for hydroxylation is 2. The molecule has 0 bridgehead atoms. The summed E-state index contributed by atoms with van der Waals surface area (Å²) in [6.45, 7) is 4.14. The van der Waals surface area contributed by atoms with E-state index in [0.29, 0.717) is 23.3 Å². The maximum absolute atomic E-state index is 12.6. The second-order valence-electron chi connectivity index (χ2n) is 9.88. The molecule has 0 aromatic heterocycles. The minimum atomic E-state index is -0.0873. The van der Waals surface area contributed by atoms with E-state index in [0.717, 1.165) is 63.4 Å². The summed E-state index contributed by atoms with van der Waals surface area (Å²) in [7, 11) is 0. The molecule has 0 unspecified atom stereocenters. The van der Waals surface area contributed by atoms with Crippen LogP contribution in [0.2, 0.25) is 0 Å². The maximum atomic E-state index is 12.6. The van der Waals surface area contributed by atoms with Crippen molar-refractivity contribution in [2.45, 2.75) is 71.6 Å². The van der Waals surface area contributed by atoms with Crippen LogP contribution < -0.4 is 9.47 Å². The van der Waals surface area contributed by atoms with Crippen molar-refractivity contribution in [1.82, 2.24) is 0 Å². The molecule has 0 saturated heterocycles. The number of rotatable bonds is 6. The lowest BCUT2D eigenvalue weighted by Crippen LogP contribution is -2.32. The molecule has 0 amide bonds. The standard InChI is InChI=1S/C29H36O4/c1-3-21-6-18-27(19-7-21)33-29(31)25-14-10-23(11-15-25)22-8-12-24(13-9-22)28(30)32-26-16-4-20(2)5-17-26/h4-7,16-19,22-25H,3,8-15H2,1-2H3. The third kappa shape index (κ3) is 6.25. The van der Waals surface area contributed by atoms with Crippen molar-refractivity contribution in [1.29, 1.82) is 0 Å². The normalized spacial score (nSPS) is 25.3. The molecule has 4 rings (SSSR count). The summed E-state index contributed by atoms with van der Waals surface area (Å²) in [6.07, 6.45) is 8.94. The molecule has 2 aromatic rings. The van der Waals surface area contributed by atoms with Crippen LogP contribution in [0.1, 0.15) is 69.4 Å². The zero-order valence-corrected chi connectivity index (χ0v) is 19.9. The lowest BCUT2D eigenvalue weighted by molar-refractivity contribution is -0.142. The Hall–Kier alpha value is -2.62. The largest absolute Gasteiger partial charge is 0.426 e. The molecule has 2 aliphatic rings. The smallest absolute Gasteiger partial charge is 0.314 e. The van der Waals surface area contributed by atoms with Gasteiger partial charge in [-0.2, -0.15) is 0 Å². The Labute approximate surface area is 197 Å². The summed E-state index contributed by atoms with van der Waals surface area (Å²) in [5.74, 6) is 2.45. The first-order valence-electron chi connectivity index (χ1n) is 12.6. The van der Waals surface area contributed by atoms with Crippen LogP contribution in [-0.4, -0.2) is 11.9 Å². The fraction of sp³-hybridized carbons (Fsp3) is 0.517. The highest BCUT2D eigenvalue weighted by atomic mass is 16.5. The predicted molar refractivity (Wildman–Crippen MR) is 129 cm³/mol. The summed E-state index contributed by atoms with van der Waals surface area (Å²) in [5.41, 5.74) is 2.40. The Kier molecular flexibility index (Phi) is 7.85. The van der Waals surface area contributed by atoms with Crippen molar-refractivity contribution in [2.24, 2.45) is 23.7 Å². The molecule has 4 heteroatoms. The number of benzene rings is 2. The van der Waals surface area contributed by atoms with Crippen LogP contribution in [0.3, 0.4) is 0 Å². The molecule has 176 valence electrons. The second-order valence-corrected chi connectivity index (χ2v) is 9.88. The molecule has 0 spiro atoms. The van der Waals surface area contributed by atoms with Crippen LogP contribution in [0.15, 0.2) is 48.5 Å². The Morgan fingerprint density at radius 2 is 1.06 bits per heavy atom. The van der Waals surface area contributed by atoms with Crippen molar-refractivity contribution in [3.05, 3.63) is 59.7 Å². The van der Waals surface area contributed by atoms with Gasteiger partial charge in [0.1, 0.15) is 11.5 Å². The lowest BCUT2D eigenvalue weighted by Gasteiger charge is -2.36. The summed E-state index contributed by atoms with van der Waals surface area (Å²) in [6, 6.07) is 15.5. The third-order valence-electron chi connectivity index (χ3n) is 7.67. The van der Waals surface area contributed by atoms with Crippen LogP contribution >= 0.6 is 0 Å². The molecule has 2 fully saturated rings. The SMILES string of the molecule is CCc1ccc(OC(=O)C2CCC(C3CCC(C(=O)Oc4ccc(C)cc4)CC3)CC2)cc1. The Balaban J connectivity index is 1.19. The molecule has 2 saturated carbocycles. The quantitative estimate of drug-likeness (QED) is 0.365. The van der Waals surface area contributed by atoms with Crippen molar-refractivity contribution >= 4 is 11.9 Å². The van der Waals surface area contributed by atoms with Crippen molar-refractivity contribution in [3.63, 3.8) is 0 Å². The van der Waals surface area contributed by atoms with Gasteiger partial charge in [0.15, 0.2) is 0 Å². The van der Waals surface area contributed by atoms with E-state index >= 15 is 0 Å². The number of ether oxygens (including phenoxy) is 2. The van der Waals surface area contributed by atoms with Crippen LogP contribution in [0.25, 0.3) is 0 Å². The first kappa shape index (κ1) is 23.5. The topological polar surface area (TPSA) is 52.6 Å². The van der Waals surface area contributed by atoms with Gasteiger partial charge >= 0.3 is 11.9 Å². The molecule has 0 heterocycles. The summed E-state index contributed by atoms with van der Waals surface area (Å²) in [4.78, 5) is 25.2. The Bertz CT molecular complexity index is 915. The van der Waals surface area contributed by atoms with Gasteiger partial charge in [-0.1, -0.05) is 36.8 Å². The van der Waals surface area contributed by atoms with E-state index in [4.69, 9.17) is 9.47 Å². The Morgan fingerprint density at radius 1 is 0.667 bits per heavy atom. The predicted octanol–water partition coefficient (Wildman–Crippen LogP) is 6.68. The lowest BCUT2D eigenvalue weighted by atomic mass is 9.69. The van der Waals surface area contributed by atoms with Crippen molar-refractivity contribution < 1.29 is 19.1 Å². The van der Waals surface area contributed by atoms with Gasteiger partial charge in [-0.05, 0) is 106 Å². The van der Waals surface area contributed by atoms with Crippen LogP contribution in [0.5, 0.6) is 11.5 Å². The minimum absolute atomic E-state index is 0.00734. The minimum Gasteiger partial charge on any atom is -0.426 e. The van der Waals surface area contributed by atoms with Crippen LogP contribution in [-0.2, 0) is 16.0 Å². The van der Waals surface area contributed by atoms with E-state index in [2.05, 4.69) is 6.92 Å².